The van der Waals surface area contributed by atoms with Crippen LogP contribution in [0.3, 0.4) is 0 Å². The first-order valence-electron chi connectivity index (χ1n) is 11.1. The Morgan fingerprint density at radius 3 is 2.39 bits per heavy atom. The lowest BCUT2D eigenvalue weighted by atomic mass is 10.1. The van der Waals surface area contributed by atoms with E-state index in [9.17, 15) is 10.1 Å². The molecule has 0 saturated carbocycles. The fraction of sp³-hybridized carbons (Fsp3) is 0.435. The summed E-state index contributed by atoms with van der Waals surface area (Å²) in [5, 5.41) is 12.1. The van der Waals surface area contributed by atoms with Gasteiger partial charge in [-0.25, -0.2) is 4.98 Å². The molecule has 2 aliphatic heterocycles. The van der Waals surface area contributed by atoms with Gasteiger partial charge in [0, 0.05) is 30.8 Å². The maximum absolute atomic E-state index is 11.2. The number of nitro groups is 1. The van der Waals surface area contributed by atoms with Crippen LogP contribution in [0, 0.1) is 10.1 Å². The molecule has 5 rings (SSSR count). The summed E-state index contributed by atoms with van der Waals surface area (Å²) in [6.07, 6.45) is 0. The monoisotopic (exact) mass is 450 g/mol. The molecule has 33 heavy (non-hydrogen) atoms. The van der Waals surface area contributed by atoms with Crippen LogP contribution in [0.15, 0.2) is 36.4 Å². The largest absolute Gasteiger partial charge is 0.377 e. The number of fused-ring (bicyclic) bond motifs is 1. The van der Waals surface area contributed by atoms with E-state index in [2.05, 4.69) is 23.6 Å². The van der Waals surface area contributed by atoms with Crippen molar-refractivity contribution in [2.24, 2.45) is 0 Å². The van der Waals surface area contributed by atoms with E-state index in [0.717, 1.165) is 17.7 Å². The third-order valence-corrected chi connectivity index (χ3v) is 6.14. The van der Waals surface area contributed by atoms with Crippen molar-refractivity contribution in [3.05, 3.63) is 46.5 Å². The van der Waals surface area contributed by atoms with Gasteiger partial charge in [0.25, 0.3) is 5.69 Å². The number of anilines is 2. The predicted molar refractivity (Wildman–Crippen MR) is 125 cm³/mol. The number of ether oxygens (including phenoxy) is 2. The van der Waals surface area contributed by atoms with E-state index in [1.54, 1.807) is 6.07 Å². The highest BCUT2D eigenvalue weighted by Crippen LogP contribution is 2.31. The van der Waals surface area contributed by atoms with E-state index in [1.165, 1.54) is 12.1 Å². The van der Waals surface area contributed by atoms with Crippen LogP contribution in [0.25, 0.3) is 22.3 Å². The molecule has 0 radical (unpaired) electrons. The highest BCUT2D eigenvalue weighted by molar-refractivity contribution is 5.90. The maximum atomic E-state index is 11.2. The smallest absolute Gasteiger partial charge is 0.270 e. The maximum Gasteiger partial charge on any atom is 0.270 e. The fourth-order valence-electron chi connectivity index (χ4n) is 4.34. The number of benzene rings is 1. The zero-order chi connectivity index (χ0) is 22.9. The minimum atomic E-state index is -0.400. The lowest BCUT2D eigenvalue weighted by molar-refractivity contribution is -0.384. The molecule has 0 aliphatic carbocycles. The molecule has 0 bridgehead atoms. The minimum absolute atomic E-state index is 0.0303. The van der Waals surface area contributed by atoms with Crippen molar-refractivity contribution in [1.82, 2.24) is 15.0 Å². The zero-order valence-electron chi connectivity index (χ0n) is 18.7. The molecule has 2 aliphatic rings. The molecule has 2 atom stereocenters. The number of pyridine rings is 1. The molecule has 10 nitrogen and oxygen atoms in total. The molecule has 4 heterocycles. The Bertz CT molecular complexity index is 1190. The summed E-state index contributed by atoms with van der Waals surface area (Å²) < 4.78 is 11.2. The first kappa shape index (κ1) is 21.5. The number of hydrogen-bond donors (Lipinski definition) is 0. The second-order valence-corrected chi connectivity index (χ2v) is 8.46. The van der Waals surface area contributed by atoms with Crippen LogP contribution in [0.5, 0.6) is 0 Å². The van der Waals surface area contributed by atoms with E-state index in [4.69, 9.17) is 24.4 Å². The molecule has 172 valence electrons. The number of non-ortho nitro benzene ring substituents is 1. The third-order valence-electron chi connectivity index (χ3n) is 6.14. The van der Waals surface area contributed by atoms with Gasteiger partial charge in [0.1, 0.15) is 5.82 Å². The zero-order valence-corrected chi connectivity index (χ0v) is 18.7. The van der Waals surface area contributed by atoms with Gasteiger partial charge >= 0.3 is 0 Å². The molecule has 1 aromatic carbocycles. The number of aromatic nitrogens is 3. The van der Waals surface area contributed by atoms with Crippen molar-refractivity contribution in [2.45, 2.75) is 25.9 Å². The highest BCUT2D eigenvalue weighted by atomic mass is 16.6. The topological polar surface area (TPSA) is 107 Å². The molecular formula is C23H26N6O4. The quantitative estimate of drug-likeness (QED) is 0.438. The van der Waals surface area contributed by atoms with Crippen molar-refractivity contribution >= 4 is 28.5 Å². The van der Waals surface area contributed by atoms with Crippen molar-refractivity contribution < 1.29 is 14.4 Å². The molecule has 2 fully saturated rings. The van der Waals surface area contributed by atoms with Gasteiger partial charge in [-0.3, -0.25) is 10.1 Å². The second kappa shape index (κ2) is 8.87. The summed E-state index contributed by atoms with van der Waals surface area (Å²) in [4.78, 5) is 29.9. The summed E-state index contributed by atoms with van der Waals surface area (Å²) in [5.41, 5.74) is 1.90. The molecule has 0 spiro atoms. The molecule has 0 N–H and O–H groups in total. The second-order valence-electron chi connectivity index (χ2n) is 8.46. The average molecular weight is 450 g/mol. The van der Waals surface area contributed by atoms with Gasteiger partial charge < -0.3 is 19.3 Å². The van der Waals surface area contributed by atoms with Crippen LogP contribution in [0.2, 0.25) is 0 Å². The van der Waals surface area contributed by atoms with Crippen LogP contribution >= 0.6 is 0 Å². The summed E-state index contributed by atoms with van der Waals surface area (Å²) >= 11 is 0. The van der Waals surface area contributed by atoms with Gasteiger partial charge in [-0.1, -0.05) is 12.1 Å². The van der Waals surface area contributed by atoms with Crippen LogP contribution in [-0.4, -0.2) is 71.5 Å². The van der Waals surface area contributed by atoms with Gasteiger partial charge in [0.2, 0.25) is 5.95 Å². The highest BCUT2D eigenvalue weighted by Gasteiger charge is 2.27. The standard InChI is InChI=1S/C23H26N6O4/c1-15-13-32-10-8-27(15)22-19-6-7-20(17-4-3-5-18(12-17)29(30)31)24-21(19)25-23(26-22)28-9-11-33-14-16(28)2/h3-7,12,15-16H,8-11,13-14H2,1-2H3. The SMILES string of the molecule is CC1COCCN1c1nc(N2CCOCC2C)c2ccc(-c3cccc([N+](=O)[O-])c3)nc2n1. The van der Waals surface area contributed by atoms with Crippen molar-refractivity contribution in [3.8, 4) is 11.3 Å². The van der Waals surface area contributed by atoms with E-state index in [-0.39, 0.29) is 17.8 Å². The van der Waals surface area contributed by atoms with Gasteiger partial charge in [-0.05, 0) is 26.0 Å². The number of nitrogens with zero attached hydrogens (tertiary/aromatic N) is 6. The molecular weight excluding hydrogens is 424 g/mol. The number of nitro benzene ring substituents is 1. The van der Waals surface area contributed by atoms with Crippen molar-refractivity contribution in [3.63, 3.8) is 0 Å². The summed E-state index contributed by atoms with van der Waals surface area (Å²) in [7, 11) is 0. The number of hydrogen-bond acceptors (Lipinski definition) is 9. The Morgan fingerprint density at radius 2 is 1.70 bits per heavy atom. The Kier molecular flexibility index (Phi) is 5.77. The lowest BCUT2D eigenvalue weighted by Crippen LogP contribution is -2.46. The number of morpholine rings is 2. The minimum Gasteiger partial charge on any atom is -0.377 e. The van der Waals surface area contributed by atoms with Crippen LogP contribution in [-0.2, 0) is 9.47 Å². The van der Waals surface area contributed by atoms with E-state index in [1.807, 2.05) is 18.2 Å². The fourth-order valence-corrected chi connectivity index (χ4v) is 4.34. The molecule has 2 unspecified atom stereocenters. The van der Waals surface area contributed by atoms with Crippen LogP contribution in [0.4, 0.5) is 17.5 Å². The van der Waals surface area contributed by atoms with Crippen LogP contribution < -0.4 is 9.80 Å². The Balaban J connectivity index is 1.65. The third kappa shape index (κ3) is 4.19. The van der Waals surface area contributed by atoms with Gasteiger partial charge in [0.15, 0.2) is 5.65 Å². The first-order chi connectivity index (χ1) is 16.0. The van der Waals surface area contributed by atoms with Gasteiger partial charge in [-0.2, -0.15) is 9.97 Å². The predicted octanol–water partition coefficient (Wildman–Crippen LogP) is 3.05. The van der Waals surface area contributed by atoms with Crippen molar-refractivity contribution in [1.29, 1.82) is 0 Å². The number of rotatable bonds is 4. The van der Waals surface area contributed by atoms with E-state index in [0.29, 0.717) is 55.8 Å². The van der Waals surface area contributed by atoms with Gasteiger partial charge in [-0.15, -0.1) is 0 Å². The molecule has 2 saturated heterocycles. The van der Waals surface area contributed by atoms with E-state index >= 15 is 0 Å². The Labute approximate surface area is 191 Å². The van der Waals surface area contributed by atoms with Gasteiger partial charge in [0.05, 0.1) is 54.5 Å². The molecule has 0 amide bonds. The van der Waals surface area contributed by atoms with Crippen molar-refractivity contribution in [2.75, 3.05) is 49.3 Å². The molecule has 10 heteroatoms. The van der Waals surface area contributed by atoms with E-state index < -0.39 is 4.92 Å². The summed E-state index contributed by atoms with van der Waals surface area (Å²) in [6.45, 7) is 8.16. The Morgan fingerprint density at radius 1 is 0.970 bits per heavy atom. The lowest BCUT2D eigenvalue weighted by Gasteiger charge is -2.37. The first-order valence-corrected chi connectivity index (χ1v) is 11.1. The normalized spacial score (nSPS) is 21.4. The summed E-state index contributed by atoms with van der Waals surface area (Å²) in [6, 6.07) is 10.6. The molecule has 3 aromatic rings. The average Bonchev–Trinajstić information content (AvgIpc) is 2.84. The Hall–Kier alpha value is -3.37. The molecule has 2 aromatic heterocycles. The summed E-state index contributed by atoms with van der Waals surface area (Å²) in [5.74, 6) is 1.46. The van der Waals surface area contributed by atoms with Crippen LogP contribution in [0.1, 0.15) is 13.8 Å².